The van der Waals surface area contributed by atoms with Crippen LogP contribution in [-0.4, -0.2) is 22.0 Å². The quantitative estimate of drug-likeness (QED) is 0.264. The van der Waals surface area contributed by atoms with Crippen LogP contribution < -0.4 is 5.32 Å². The lowest BCUT2D eigenvalue weighted by Gasteiger charge is -2.18. The summed E-state index contributed by atoms with van der Waals surface area (Å²) in [6.45, 7) is 0.573. The molecule has 0 saturated carbocycles. The number of amides is 1. The van der Waals surface area contributed by atoms with Gasteiger partial charge < -0.3 is 9.88 Å². The van der Waals surface area contributed by atoms with Crippen molar-refractivity contribution in [2.45, 2.75) is 25.2 Å². The zero-order valence-electron chi connectivity index (χ0n) is 21.5. The van der Waals surface area contributed by atoms with Crippen molar-refractivity contribution >= 4 is 16.9 Å². The Hall–Kier alpha value is -4.69. The maximum atomic E-state index is 13.0. The molecule has 0 aliphatic heterocycles. The van der Waals surface area contributed by atoms with Gasteiger partial charge in [0.2, 0.25) is 0 Å². The highest BCUT2D eigenvalue weighted by Crippen LogP contribution is 2.27. The van der Waals surface area contributed by atoms with Gasteiger partial charge in [0.25, 0.3) is 5.91 Å². The topological polar surface area (TPSA) is 70.7 Å². The molecule has 4 aromatic carbocycles. The van der Waals surface area contributed by atoms with Crippen molar-refractivity contribution in [1.82, 2.24) is 14.9 Å². The molecule has 1 amide bonds. The molecule has 0 atom stereocenters. The van der Waals surface area contributed by atoms with Crippen molar-refractivity contribution in [2.75, 3.05) is 6.54 Å². The van der Waals surface area contributed by atoms with Crippen molar-refractivity contribution in [2.24, 2.45) is 7.05 Å². The fraction of sp³-hybridized carbons (Fsp3) is 0.182. The van der Waals surface area contributed by atoms with Crippen molar-refractivity contribution in [3.63, 3.8) is 0 Å². The van der Waals surface area contributed by atoms with Gasteiger partial charge in [0.05, 0.1) is 22.7 Å². The summed E-state index contributed by atoms with van der Waals surface area (Å²) < 4.78 is 2.09. The lowest BCUT2D eigenvalue weighted by molar-refractivity contribution is 0.0953. The maximum absolute atomic E-state index is 13.0. The minimum Gasteiger partial charge on any atom is -0.352 e. The van der Waals surface area contributed by atoms with Gasteiger partial charge in [-0.25, -0.2) is 4.98 Å². The highest BCUT2D eigenvalue weighted by atomic mass is 16.1. The Morgan fingerprint density at radius 3 is 2.18 bits per heavy atom. The molecule has 0 spiro atoms. The summed E-state index contributed by atoms with van der Waals surface area (Å²) in [4.78, 5) is 17.9. The Bertz CT molecular complexity index is 1530. The lowest BCUT2D eigenvalue weighted by atomic mass is 9.88. The van der Waals surface area contributed by atoms with Gasteiger partial charge >= 0.3 is 0 Å². The van der Waals surface area contributed by atoms with Crippen LogP contribution in [0.25, 0.3) is 11.0 Å². The SMILES string of the molecule is Cn1c(CCc2ccc(C#N)cc2)nc2cc(C(=O)NCCC(c3ccccc3)c3ccccc3)ccc21. The van der Waals surface area contributed by atoms with E-state index >= 15 is 0 Å². The molecule has 0 fully saturated rings. The molecule has 5 rings (SSSR count). The second kappa shape index (κ2) is 11.6. The number of nitriles is 1. The molecule has 1 N–H and O–H groups in total. The van der Waals surface area contributed by atoms with Gasteiger partial charge in [-0.15, -0.1) is 0 Å². The van der Waals surface area contributed by atoms with Gasteiger partial charge in [-0.1, -0.05) is 72.8 Å². The molecule has 1 aromatic heterocycles. The minimum absolute atomic E-state index is 0.0865. The molecule has 5 nitrogen and oxygen atoms in total. The summed E-state index contributed by atoms with van der Waals surface area (Å²) in [7, 11) is 2.01. The molecular weight excluding hydrogens is 468 g/mol. The molecule has 1 heterocycles. The third-order valence-corrected chi connectivity index (χ3v) is 7.08. The number of aryl methyl sites for hydroxylation is 3. The maximum Gasteiger partial charge on any atom is 0.251 e. The van der Waals surface area contributed by atoms with E-state index in [4.69, 9.17) is 10.2 Å². The number of carbonyl (C=O) groups is 1. The van der Waals surface area contributed by atoms with Crippen LogP contribution in [0.15, 0.2) is 103 Å². The Balaban J connectivity index is 1.24. The Labute approximate surface area is 223 Å². The normalized spacial score (nSPS) is 11.0. The fourth-order valence-electron chi connectivity index (χ4n) is 4.95. The average Bonchev–Trinajstić information content (AvgIpc) is 3.29. The summed E-state index contributed by atoms with van der Waals surface area (Å²) in [5.74, 6) is 1.10. The van der Waals surface area contributed by atoms with Crippen LogP contribution in [-0.2, 0) is 19.9 Å². The third kappa shape index (κ3) is 5.66. The largest absolute Gasteiger partial charge is 0.352 e. The highest BCUT2D eigenvalue weighted by Gasteiger charge is 2.16. The molecule has 188 valence electrons. The summed E-state index contributed by atoms with van der Waals surface area (Å²) in [5.41, 5.74) is 6.77. The van der Waals surface area contributed by atoms with Crippen LogP contribution in [0.1, 0.15) is 50.8 Å². The van der Waals surface area contributed by atoms with Crippen LogP contribution in [0.3, 0.4) is 0 Å². The molecule has 5 aromatic rings. The first kappa shape index (κ1) is 25.0. The Kier molecular flexibility index (Phi) is 7.61. The molecule has 0 saturated heterocycles. The molecule has 38 heavy (non-hydrogen) atoms. The lowest BCUT2D eigenvalue weighted by Crippen LogP contribution is -2.25. The molecule has 0 unspecified atom stereocenters. The van der Waals surface area contributed by atoms with E-state index in [1.165, 1.54) is 16.7 Å². The summed E-state index contributed by atoms with van der Waals surface area (Å²) in [6, 6.07) is 36.4. The van der Waals surface area contributed by atoms with Crippen molar-refractivity contribution in [3.8, 4) is 6.07 Å². The van der Waals surface area contributed by atoms with Gasteiger partial charge in [0.15, 0.2) is 0 Å². The van der Waals surface area contributed by atoms with E-state index in [1.54, 1.807) is 0 Å². The predicted molar refractivity (Wildman–Crippen MR) is 151 cm³/mol. The number of carbonyl (C=O) groups excluding carboxylic acids is 1. The second-order valence-electron chi connectivity index (χ2n) is 9.52. The van der Waals surface area contributed by atoms with E-state index in [0.29, 0.717) is 17.7 Å². The van der Waals surface area contributed by atoms with Gasteiger partial charge in [-0.3, -0.25) is 4.79 Å². The first-order valence-corrected chi connectivity index (χ1v) is 12.9. The Morgan fingerprint density at radius 2 is 1.55 bits per heavy atom. The monoisotopic (exact) mass is 498 g/mol. The first-order chi connectivity index (χ1) is 18.6. The van der Waals surface area contributed by atoms with Gasteiger partial charge in [-0.05, 0) is 59.9 Å². The zero-order valence-corrected chi connectivity index (χ0v) is 21.5. The molecule has 0 aliphatic rings. The fourth-order valence-corrected chi connectivity index (χ4v) is 4.95. The summed E-state index contributed by atoms with van der Waals surface area (Å²) in [6.07, 6.45) is 2.42. The van der Waals surface area contributed by atoms with E-state index < -0.39 is 0 Å². The summed E-state index contributed by atoms with van der Waals surface area (Å²) >= 11 is 0. The van der Waals surface area contributed by atoms with Gasteiger partial charge in [0, 0.05) is 31.5 Å². The van der Waals surface area contributed by atoms with Crippen molar-refractivity contribution in [1.29, 1.82) is 5.26 Å². The second-order valence-corrected chi connectivity index (χ2v) is 9.52. The molecule has 0 bridgehead atoms. The van der Waals surface area contributed by atoms with Crippen LogP contribution in [0.4, 0.5) is 0 Å². The Morgan fingerprint density at radius 1 is 0.895 bits per heavy atom. The van der Waals surface area contributed by atoms with Crippen LogP contribution in [0, 0.1) is 11.3 Å². The number of nitrogens with one attached hydrogen (secondary N) is 1. The molecule has 5 heteroatoms. The van der Waals surface area contributed by atoms with E-state index in [0.717, 1.165) is 36.1 Å². The number of hydrogen-bond acceptors (Lipinski definition) is 3. The van der Waals surface area contributed by atoms with Crippen molar-refractivity contribution in [3.05, 3.63) is 137 Å². The van der Waals surface area contributed by atoms with Crippen molar-refractivity contribution < 1.29 is 4.79 Å². The minimum atomic E-state index is -0.0865. The van der Waals surface area contributed by atoms with Crippen LogP contribution in [0.5, 0.6) is 0 Å². The van der Waals surface area contributed by atoms with Gasteiger partial charge in [0.1, 0.15) is 5.82 Å². The summed E-state index contributed by atoms with van der Waals surface area (Å²) in [5, 5.41) is 12.1. The van der Waals surface area contributed by atoms with Gasteiger partial charge in [-0.2, -0.15) is 5.26 Å². The number of rotatable bonds is 9. The molecule has 0 aliphatic carbocycles. The van der Waals surface area contributed by atoms with E-state index in [1.807, 2.05) is 61.6 Å². The number of nitrogens with zero attached hydrogens (tertiary/aromatic N) is 3. The first-order valence-electron chi connectivity index (χ1n) is 12.9. The average molecular weight is 499 g/mol. The smallest absolute Gasteiger partial charge is 0.251 e. The van der Waals surface area contributed by atoms with E-state index in [2.05, 4.69) is 64.5 Å². The molecule has 0 radical (unpaired) electrons. The standard InChI is InChI=1S/C33H30N4O/c1-37-31-18-17-28(22-30(31)36-32(37)19-16-24-12-14-25(23-34)15-13-24)33(38)35-21-20-29(26-8-4-2-5-9-26)27-10-6-3-7-11-27/h2-15,17-18,22,29H,16,19-21H2,1H3,(H,35,38). The predicted octanol–water partition coefficient (Wildman–Crippen LogP) is 6.18. The molecular formula is C33H30N4O. The number of imidazole rings is 1. The van der Waals surface area contributed by atoms with E-state index in [-0.39, 0.29) is 11.8 Å². The highest BCUT2D eigenvalue weighted by molar-refractivity contribution is 5.97. The number of fused-ring (bicyclic) bond motifs is 1. The van der Waals surface area contributed by atoms with E-state index in [9.17, 15) is 4.79 Å². The van der Waals surface area contributed by atoms with Crippen LogP contribution in [0.2, 0.25) is 0 Å². The number of aromatic nitrogens is 2. The number of benzene rings is 4. The third-order valence-electron chi connectivity index (χ3n) is 7.08. The number of hydrogen-bond donors (Lipinski definition) is 1. The van der Waals surface area contributed by atoms with Crippen LogP contribution >= 0.6 is 0 Å². The zero-order chi connectivity index (χ0) is 26.3.